The topological polar surface area (TPSA) is 43.4 Å². The number of aldehydes is 1. The molecule has 0 amide bonds. The lowest BCUT2D eigenvalue weighted by atomic mass is 9.94. The highest BCUT2D eigenvalue weighted by molar-refractivity contribution is 5.65. The SMILES string of the molecule is CC(=O)OC[C@H]1CCC[C@H]1CC=O. The number of ether oxygens (including phenoxy) is 1. The molecule has 1 fully saturated rings. The standard InChI is InChI=1S/C10H16O3/c1-8(12)13-7-10-4-2-3-9(10)5-6-11/h6,9-10H,2-5,7H2,1H3/t9-,10+/m0/s1. The number of carbonyl (C=O) groups is 2. The summed E-state index contributed by atoms with van der Waals surface area (Å²) in [5, 5.41) is 0. The van der Waals surface area contributed by atoms with Gasteiger partial charge in [0.15, 0.2) is 0 Å². The minimum Gasteiger partial charge on any atom is -0.466 e. The molecule has 0 saturated heterocycles. The van der Waals surface area contributed by atoms with Gasteiger partial charge in [0.2, 0.25) is 0 Å². The molecule has 3 heteroatoms. The largest absolute Gasteiger partial charge is 0.466 e. The molecular formula is C10H16O3. The van der Waals surface area contributed by atoms with Crippen molar-refractivity contribution < 1.29 is 14.3 Å². The maximum Gasteiger partial charge on any atom is 0.302 e. The molecule has 1 saturated carbocycles. The maximum absolute atomic E-state index is 10.6. The van der Waals surface area contributed by atoms with E-state index in [9.17, 15) is 9.59 Å². The highest BCUT2D eigenvalue weighted by atomic mass is 16.5. The van der Waals surface area contributed by atoms with Gasteiger partial charge in [0.05, 0.1) is 6.61 Å². The smallest absolute Gasteiger partial charge is 0.302 e. The van der Waals surface area contributed by atoms with Crippen LogP contribution >= 0.6 is 0 Å². The van der Waals surface area contributed by atoms with E-state index in [2.05, 4.69) is 0 Å². The maximum atomic E-state index is 10.6. The molecule has 1 aliphatic rings. The number of hydrogen-bond acceptors (Lipinski definition) is 3. The zero-order valence-electron chi connectivity index (χ0n) is 7.99. The lowest BCUT2D eigenvalue weighted by molar-refractivity contribution is -0.142. The second kappa shape index (κ2) is 5.00. The first-order valence-corrected chi connectivity index (χ1v) is 4.81. The van der Waals surface area contributed by atoms with E-state index >= 15 is 0 Å². The first-order valence-electron chi connectivity index (χ1n) is 4.81. The van der Waals surface area contributed by atoms with Gasteiger partial charge in [-0.3, -0.25) is 4.79 Å². The van der Waals surface area contributed by atoms with Crippen LogP contribution in [0, 0.1) is 11.8 Å². The van der Waals surface area contributed by atoms with E-state index in [4.69, 9.17) is 4.74 Å². The van der Waals surface area contributed by atoms with Gasteiger partial charge in [-0.2, -0.15) is 0 Å². The van der Waals surface area contributed by atoms with E-state index in [0.29, 0.717) is 24.9 Å². The molecule has 0 bridgehead atoms. The fourth-order valence-corrected chi connectivity index (χ4v) is 1.99. The van der Waals surface area contributed by atoms with Crippen molar-refractivity contribution in [2.24, 2.45) is 11.8 Å². The molecule has 2 atom stereocenters. The summed E-state index contributed by atoms with van der Waals surface area (Å²) < 4.78 is 4.95. The number of rotatable bonds is 4. The third-order valence-electron chi connectivity index (χ3n) is 2.72. The van der Waals surface area contributed by atoms with Crippen LogP contribution in [-0.4, -0.2) is 18.9 Å². The Morgan fingerprint density at radius 1 is 1.46 bits per heavy atom. The molecule has 0 aromatic heterocycles. The van der Waals surface area contributed by atoms with Crippen molar-refractivity contribution in [1.82, 2.24) is 0 Å². The first-order chi connectivity index (χ1) is 6.24. The Morgan fingerprint density at radius 3 is 2.77 bits per heavy atom. The van der Waals surface area contributed by atoms with Crippen molar-refractivity contribution in [3.63, 3.8) is 0 Å². The van der Waals surface area contributed by atoms with Gasteiger partial charge in [-0.1, -0.05) is 6.42 Å². The average Bonchev–Trinajstić information content (AvgIpc) is 2.49. The monoisotopic (exact) mass is 184 g/mol. The van der Waals surface area contributed by atoms with Gasteiger partial charge in [-0.05, 0) is 24.7 Å². The predicted octanol–water partition coefficient (Wildman–Crippen LogP) is 1.55. The van der Waals surface area contributed by atoms with Crippen molar-refractivity contribution in [3.05, 3.63) is 0 Å². The minimum atomic E-state index is -0.225. The summed E-state index contributed by atoms with van der Waals surface area (Å²) in [5.74, 6) is 0.628. The molecule has 1 aliphatic carbocycles. The van der Waals surface area contributed by atoms with Crippen LogP contribution in [0.4, 0.5) is 0 Å². The number of esters is 1. The predicted molar refractivity (Wildman–Crippen MR) is 48.1 cm³/mol. The lowest BCUT2D eigenvalue weighted by Gasteiger charge is -2.16. The highest BCUT2D eigenvalue weighted by Gasteiger charge is 2.27. The second-order valence-corrected chi connectivity index (χ2v) is 3.66. The van der Waals surface area contributed by atoms with E-state index < -0.39 is 0 Å². The normalized spacial score (nSPS) is 27.2. The van der Waals surface area contributed by atoms with E-state index in [1.165, 1.54) is 6.92 Å². The number of hydrogen-bond donors (Lipinski definition) is 0. The fraction of sp³-hybridized carbons (Fsp3) is 0.800. The quantitative estimate of drug-likeness (QED) is 0.492. The molecule has 1 rings (SSSR count). The zero-order valence-corrected chi connectivity index (χ0v) is 7.99. The van der Waals surface area contributed by atoms with Crippen LogP contribution < -0.4 is 0 Å². The molecule has 0 aromatic rings. The lowest BCUT2D eigenvalue weighted by Crippen LogP contribution is -2.16. The molecule has 0 aliphatic heterocycles. The van der Waals surface area contributed by atoms with Crippen LogP contribution in [0.15, 0.2) is 0 Å². The highest BCUT2D eigenvalue weighted by Crippen LogP contribution is 2.33. The van der Waals surface area contributed by atoms with Gasteiger partial charge < -0.3 is 9.53 Å². The van der Waals surface area contributed by atoms with Crippen molar-refractivity contribution in [2.75, 3.05) is 6.61 Å². The molecule has 0 aromatic carbocycles. The molecule has 74 valence electrons. The van der Waals surface area contributed by atoms with Crippen LogP contribution in [0.2, 0.25) is 0 Å². The van der Waals surface area contributed by atoms with E-state index in [1.54, 1.807) is 0 Å². The van der Waals surface area contributed by atoms with Crippen LogP contribution in [-0.2, 0) is 14.3 Å². The summed E-state index contributed by atoms with van der Waals surface area (Å²) in [6.07, 6.45) is 4.93. The molecule has 0 N–H and O–H groups in total. The first kappa shape index (κ1) is 10.2. The van der Waals surface area contributed by atoms with Crippen molar-refractivity contribution >= 4 is 12.3 Å². The summed E-state index contributed by atoms with van der Waals surface area (Å²) in [5.41, 5.74) is 0. The van der Waals surface area contributed by atoms with Gasteiger partial charge in [-0.25, -0.2) is 0 Å². The molecule has 0 unspecified atom stereocenters. The molecule has 0 heterocycles. The van der Waals surface area contributed by atoms with Gasteiger partial charge in [0.1, 0.15) is 6.29 Å². The molecule has 3 nitrogen and oxygen atoms in total. The molecule has 0 spiro atoms. The molecular weight excluding hydrogens is 168 g/mol. The Balaban J connectivity index is 2.30. The Morgan fingerprint density at radius 2 is 2.15 bits per heavy atom. The van der Waals surface area contributed by atoms with E-state index in [-0.39, 0.29) is 5.97 Å². The van der Waals surface area contributed by atoms with Crippen LogP contribution in [0.1, 0.15) is 32.6 Å². The molecule has 13 heavy (non-hydrogen) atoms. The van der Waals surface area contributed by atoms with E-state index in [1.807, 2.05) is 0 Å². The Bertz CT molecular complexity index is 189. The van der Waals surface area contributed by atoms with Gasteiger partial charge in [0.25, 0.3) is 0 Å². The zero-order chi connectivity index (χ0) is 9.68. The van der Waals surface area contributed by atoms with Crippen LogP contribution in [0.25, 0.3) is 0 Å². The van der Waals surface area contributed by atoms with Crippen molar-refractivity contribution in [1.29, 1.82) is 0 Å². The molecule has 0 radical (unpaired) electrons. The Kier molecular flexibility index (Phi) is 3.93. The van der Waals surface area contributed by atoms with Gasteiger partial charge in [-0.15, -0.1) is 0 Å². The summed E-state index contributed by atoms with van der Waals surface area (Å²) in [7, 11) is 0. The van der Waals surface area contributed by atoms with Crippen LogP contribution in [0.5, 0.6) is 0 Å². The summed E-state index contributed by atoms with van der Waals surface area (Å²) >= 11 is 0. The summed E-state index contributed by atoms with van der Waals surface area (Å²) in [6, 6.07) is 0. The number of carbonyl (C=O) groups excluding carboxylic acids is 2. The fourth-order valence-electron chi connectivity index (χ4n) is 1.99. The third-order valence-corrected chi connectivity index (χ3v) is 2.72. The van der Waals surface area contributed by atoms with Gasteiger partial charge >= 0.3 is 5.97 Å². The Hall–Kier alpha value is -0.860. The van der Waals surface area contributed by atoms with Crippen LogP contribution in [0.3, 0.4) is 0 Å². The van der Waals surface area contributed by atoms with Gasteiger partial charge in [0, 0.05) is 13.3 Å². The third kappa shape index (κ3) is 3.17. The second-order valence-electron chi connectivity index (χ2n) is 3.66. The summed E-state index contributed by atoms with van der Waals surface area (Å²) in [4.78, 5) is 20.9. The van der Waals surface area contributed by atoms with E-state index in [0.717, 1.165) is 25.5 Å². The van der Waals surface area contributed by atoms with Crippen molar-refractivity contribution in [3.8, 4) is 0 Å². The minimum absolute atomic E-state index is 0.225. The Labute approximate surface area is 78.5 Å². The van der Waals surface area contributed by atoms with Crippen molar-refractivity contribution in [2.45, 2.75) is 32.6 Å². The average molecular weight is 184 g/mol. The summed E-state index contributed by atoms with van der Waals surface area (Å²) in [6.45, 7) is 1.91.